The lowest BCUT2D eigenvalue weighted by molar-refractivity contribution is 0.0960. The second kappa shape index (κ2) is 4.71. The number of ether oxygens (including phenoxy) is 1. The second-order valence-electron chi connectivity index (χ2n) is 2.88. The predicted molar refractivity (Wildman–Crippen MR) is 59.4 cm³/mol. The van der Waals surface area contributed by atoms with Crippen molar-refractivity contribution in [3.05, 3.63) is 23.8 Å². The highest BCUT2D eigenvalue weighted by atomic mass is 35.7. The van der Waals surface area contributed by atoms with Crippen LogP contribution in [-0.4, -0.2) is 28.5 Å². The van der Waals surface area contributed by atoms with E-state index in [1.165, 1.54) is 32.4 Å². The minimum Gasteiger partial charge on any atom is -0.496 e. The van der Waals surface area contributed by atoms with Crippen molar-refractivity contribution in [3.8, 4) is 5.75 Å². The molecule has 0 aromatic heterocycles. The number of rotatable bonds is 3. The molecule has 0 heterocycles. The maximum Gasteiger partial charge on any atom is 0.261 e. The maximum atomic E-state index is 11.4. The molecule has 0 aliphatic carbocycles. The van der Waals surface area contributed by atoms with E-state index in [0.29, 0.717) is 0 Å². The van der Waals surface area contributed by atoms with E-state index in [0.717, 1.165) is 0 Å². The molecule has 0 aliphatic heterocycles. The molecule has 88 valence electrons. The van der Waals surface area contributed by atoms with Gasteiger partial charge in [-0.3, -0.25) is 4.79 Å². The smallest absolute Gasteiger partial charge is 0.261 e. The molecule has 1 amide bonds. The maximum absolute atomic E-state index is 11.4. The summed E-state index contributed by atoms with van der Waals surface area (Å²) < 4.78 is 27.1. The lowest BCUT2D eigenvalue weighted by Crippen LogP contribution is -2.19. The minimum atomic E-state index is -3.86. The molecule has 0 atom stereocenters. The van der Waals surface area contributed by atoms with E-state index in [1.54, 1.807) is 0 Å². The predicted octanol–water partition coefficient (Wildman–Crippen LogP) is 0.982. The van der Waals surface area contributed by atoms with Crippen LogP contribution in [0.25, 0.3) is 0 Å². The van der Waals surface area contributed by atoms with Gasteiger partial charge in [0.2, 0.25) is 0 Å². The third-order valence-electron chi connectivity index (χ3n) is 1.92. The standard InChI is InChI=1S/C9H10ClNO4S/c1-11-9(12)7-5-6(16(10,13)14)3-4-8(7)15-2/h3-5H,1-2H3,(H,11,12). The van der Waals surface area contributed by atoms with Crippen LogP contribution in [0.15, 0.2) is 23.1 Å². The van der Waals surface area contributed by atoms with E-state index in [1.807, 2.05) is 0 Å². The molecule has 0 fully saturated rings. The third kappa shape index (κ3) is 2.65. The molecule has 0 spiro atoms. The average Bonchev–Trinajstić information content (AvgIpc) is 2.25. The van der Waals surface area contributed by atoms with E-state index < -0.39 is 15.0 Å². The summed E-state index contributed by atoms with van der Waals surface area (Å²) in [6, 6.07) is 3.81. The van der Waals surface area contributed by atoms with Gasteiger partial charge in [0.25, 0.3) is 15.0 Å². The quantitative estimate of drug-likeness (QED) is 0.825. The molecule has 0 aliphatic rings. The Morgan fingerprint density at radius 3 is 2.50 bits per heavy atom. The SMILES string of the molecule is CNC(=O)c1cc(S(=O)(=O)Cl)ccc1OC. The van der Waals surface area contributed by atoms with Crippen molar-refractivity contribution < 1.29 is 17.9 Å². The van der Waals surface area contributed by atoms with Gasteiger partial charge in [-0.05, 0) is 18.2 Å². The molecule has 0 bridgehead atoms. The highest BCUT2D eigenvalue weighted by Crippen LogP contribution is 2.24. The third-order valence-corrected chi connectivity index (χ3v) is 3.28. The van der Waals surface area contributed by atoms with Gasteiger partial charge in [0, 0.05) is 17.7 Å². The number of carbonyl (C=O) groups is 1. The Kier molecular flexibility index (Phi) is 3.77. The lowest BCUT2D eigenvalue weighted by atomic mass is 10.2. The van der Waals surface area contributed by atoms with E-state index in [-0.39, 0.29) is 16.2 Å². The summed E-state index contributed by atoms with van der Waals surface area (Å²) in [6.07, 6.45) is 0. The zero-order valence-corrected chi connectivity index (χ0v) is 10.2. The van der Waals surface area contributed by atoms with Crippen molar-refractivity contribution >= 4 is 25.6 Å². The van der Waals surface area contributed by atoms with Gasteiger partial charge in [-0.1, -0.05) is 0 Å². The number of hydrogen-bond acceptors (Lipinski definition) is 4. The highest BCUT2D eigenvalue weighted by molar-refractivity contribution is 8.13. The van der Waals surface area contributed by atoms with Crippen LogP contribution in [0.5, 0.6) is 5.75 Å². The van der Waals surface area contributed by atoms with Crippen molar-refractivity contribution in [3.63, 3.8) is 0 Å². The Morgan fingerprint density at radius 1 is 1.44 bits per heavy atom. The van der Waals surface area contributed by atoms with Crippen molar-refractivity contribution in [2.24, 2.45) is 0 Å². The summed E-state index contributed by atoms with van der Waals surface area (Å²) in [4.78, 5) is 11.3. The molecule has 1 aromatic carbocycles. The van der Waals surface area contributed by atoms with Gasteiger partial charge in [-0.15, -0.1) is 0 Å². The highest BCUT2D eigenvalue weighted by Gasteiger charge is 2.17. The summed E-state index contributed by atoms with van der Waals surface area (Å²) in [6.45, 7) is 0. The molecule has 1 rings (SSSR count). The van der Waals surface area contributed by atoms with Crippen molar-refractivity contribution in [1.29, 1.82) is 0 Å². The molecular weight excluding hydrogens is 254 g/mol. The summed E-state index contributed by atoms with van der Waals surface area (Å²) in [5.41, 5.74) is 0.117. The molecular formula is C9H10ClNO4S. The molecule has 0 saturated carbocycles. The number of nitrogens with one attached hydrogen (secondary N) is 1. The van der Waals surface area contributed by atoms with Crippen LogP contribution in [0.4, 0.5) is 0 Å². The monoisotopic (exact) mass is 263 g/mol. The molecule has 5 nitrogen and oxygen atoms in total. The topological polar surface area (TPSA) is 72.5 Å². The largest absolute Gasteiger partial charge is 0.496 e. The number of benzene rings is 1. The second-order valence-corrected chi connectivity index (χ2v) is 5.45. The first-order chi connectivity index (χ1) is 7.40. The van der Waals surface area contributed by atoms with Crippen LogP contribution in [-0.2, 0) is 9.05 Å². The normalized spacial score (nSPS) is 10.9. The number of hydrogen-bond donors (Lipinski definition) is 1. The van der Waals surface area contributed by atoms with Gasteiger partial charge in [-0.25, -0.2) is 8.42 Å². The van der Waals surface area contributed by atoms with Crippen LogP contribution in [0, 0.1) is 0 Å². The van der Waals surface area contributed by atoms with E-state index in [9.17, 15) is 13.2 Å². The average molecular weight is 264 g/mol. The molecule has 16 heavy (non-hydrogen) atoms. The van der Waals surface area contributed by atoms with Crippen LogP contribution in [0.3, 0.4) is 0 Å². The van der Waals surface area contributed by atoms with E-state index >= 15 is 0 Å². The Labute approximate surface area is 97.8 Å². The molecule has 1 aromatic rings. The minimum absolute atomic E-state index is 0.117. The van der Waals surface area contributed by atoms with Gasteiger partial charge in [-0.2, -0.15) is 0 Å². The fourth-order valence-electron chi connectivity index (χ4n) is 1.15. The van der Waals surface area contributed by atoms with Crippen molar-refractivity contribution in [1.82, 2.24) is 5.32 Å². The molecule has 7 heteroatoms. The molecule has 0 radical (unpaired) electrons. The summed E-state index contributed by atoms with van der Waals surface area (Å²) in [5.74, 6) is -0.164. The van der Waals surface area contributed by atoms with Gasteiger partial charge in [0.15, 0.2) is 0 Å². The van der Waals surface area contributed by atoms with Gasteiger partial charge in [0.05, 0.1) is 17.6 Å². The number of carbonyl (C=O) groups excluding carboxylic acids is 1. The first-order valence-electron chi connectivity index (χ1n) is 4.25. The van der Waals surface area contributed by atoms with Gasteiger partial charge >= 0.3 is 0 Å². The van der Waals surface area contributed by atoms with Crippen LogP contribution in [0.1, 0.15) is 10.4 Å². The van der Waals surface area contributed by atoms with Crippen molar-refractivity contribution in [2.75, 3.05) is 14.2 Å². The first kappa shape index (κ1) is 12.8. The summed E-state index contributed by atoms with van der Waals surface area (Å²) in [7, 11) is 4.14. The number of halogens is 1. The Morgan fingerprint density at radius 2 is 2.06 bits per heavy atom. The lowest BCUT2D eigenvalue weighted by Gasteiger charge is -2.08. The van der Waals surface area contributed by atoms with Crippen LogP contribution < -0.4 is 10.1 Å². The Balaban J connectivity index is 3.38. The fraction of sp³-hybridized carbons (Fsp3) is 0.222. The Bertz CT molecular complexity index is 512. The van der Waals surface area contributed by atoms with Crippen LogP contribution >= 0.6 is 10.7 Å². The molecule has 0 unspecified atom stereocenters. The van der Waals surface area contributed by atoms with Gasteiger partial charge in [0.1, 0.15) is 5.75 Å². The van der Waals surface area contributed by atoms with Crippen molar-refractivity contribution in [2.45, 2.75) is 4.90 Å². The van der Waals surface area contributed by atoms with E-state index in [4.69, 9.17) is 15.4 Å². The fourth-order valence-corrected chi connectivity index (χ4v) is 1.93. The number of amides is 1. The zero-order valence-electron chi connectivity index (χ0n) is 8.65. The van der Waals surface area contributed by atoms with E-state index in [2.05, 4.69) is 5.32 Å². The summed E-state index contributed by atoms with van der Waals surface area (Å²) >= 11 is 0. The molecule has 1 N–H and O–H groups in total. The Hall–Kier alpha value is -1.27. The molecule has 0 saturated heterocycles. The van der Waals surface area contributed by atoms with Crippen LogP contribution in [0.2, 0.25) is 0 Å². The summed E-state index contributed by atoms with van der Waals surface area (Å²) in [5, 5.41) is 2.38. The van der Waals surface area contributed by atoms with Gasteiger partial charge < -0.3 is 10.1 Å². The zero-order chi connectivity index (χ0) is 12.3. The first-order valence-corrected chi connectivity index (χ1v) is 6.56. The number of methoxy groups -OCH3 is 1.